The molecule has 2 saturated carbocycles. The molecule has 0 aliphatic heterocycles. The van der Waals surface area contributed by atoms with Crippen molar-refractivity contribution in [2.24, 2.45) is 11.8 Å². The predicted molar refractivity (Wildman–Crippen MR) is 164 cm³/mol. The van der Waals surface area contributed by atoms with Gasteiger partial charge in [0.1, 0.15) is 5.75 Å². The van der Waals surface area contributed by atoms with Gasteiger partial charge in [0, 0.05) is 36.0 Å². The highest BCUT2D eigenvalue weighted by Gasteiger charge is 2.31. The molecule has 2 aromatic carbocycles. The third-order valence-corrected chi connectivity index (χ3v) is 9.53. The second kappa shape index (κ2) is 13.1. The Hall–Kier alpha value is -3.08. The normalized spacial score (nSPS) is 20.7. The van der Waals surface area contributed by atoms with E-state index in [2.05, 4.69) is 84.1 Å². The average Bonchev–Trinajstić information content (AvgIpc) is 3.50. The first-order valence-electron chi connectivity index (χ1n) is 15.6. The van der Waals surface area contributed by atoms with Gasteiger partial charge in [-0.05, 0) is 106 Å². The summed E-state index contributed by atoms with van der Waals surface area (Å²) in [4.78, 5) is 16.2. The molecular weight excluding hydrogens is 494 g/mol. The Balaban J connectivity index is 1.33. The molecule has 1 aromatic heterocycles. The van der Waals surface area contributed by atoms with E-state index in [1.165, 1.54) is 43.2 Å². The van der Waals surface area contributed by atoms with Gasteiger partial charge in [-0.25, -0.2) is 0 Å². The summed E-state index contributed by atoms with van der Waals surface area (Å²) in [5, 5.41) is 4.62. The molecule has 214 valence electrons. The van der Waals surface area contributed by atoms with Crippen LogP contribution in [0.5, 0.6) is 5.75 Å². The van der Waals surface area contributed by atoms with Crippen molar-refractivity contribution in [2.45, 2.75) is 96.9 Å². The van der Waals surface area contributed by atoms with Crippen molar-refractivity contribution in [3.63, 3.8) is 0 Å². The highest BCUT2D eigenvalue weighted by Crippen LogP contribution is 2.39. The number of nitrogens with zero attached hydrogens (tertiary/aromatic N) is 3. The number of rotatable bonds is 9. The van der Waals surface area contributed by atoms with E-state index in [1.807, 2.05) is 6.20 Å². The molecule has 0 bridgehead atoms. The molecule has 2 aliphatic carbocycles. The molecule has 3 aromatic rings. The van der Waals surface area contributed by atoms with E-state index in [0.29, 0.717) is 23.8 Å². The zero-order chi connectivity index (χ0) is 28.1. The topological polar surface area (TPSA) is 47.4 Å². The number of amides is 1. The lowest BCUT2D eigenvalue weighted by Gasteiger charge is -2.35. The minimum absolute atomic E-state index is 0.157. The zero-order valence-corrected chi connectivity index (χ0v) is 24.9. The van der Waals surface area contributed by atoms with Crippen LogP contribution in [0.15, 0.2) is 54.9 Å². The second-order valence-electron chi connectivity index (χ2n) is 12.2. The van der Waals surface area contributed by atoms with Crippen molar-refractivity contribution in [1.29, 1.82) is 0 Å². The van der Waals surface area contributed by atoms with Gasteiger partial charge in [-0.15, -0.1) is 0 Å². The number of hydrogen-bond acceptors (Lipinski definition) is 3. The molecule has 0 N–H and O–H groups in total. The third kappa shape index (κ3) is 6.45. The Morgan fingerprint density at radius 1 is 1.02 bits per heavy atom. The monoisotopic (exact) mass is 541 g/mol. The molecule has 1 amide bonds. The van der Waals surface area contributed by atoms with E-state index < -0.39 is 0 Å². The van der Waals surface area contributed by atoms with Crippen LogP contribution in [-0.4, -0.2) is 29.3 Å². The Kier molecular flexibility index (Phi) is 9.29. The maximum atomic E-state index is 14.0. The largest absolute Gasteiger partial charge is 0.496 e. The number of aryl methyl sites for hydroxylation is 1. The molecule has 5 nitrogen and oxygen atoms in total. The third-order valence-electron chi connectivity index (χ3n) is 9.53. The molecule has 0 radical (unpaired) electrons. The summed E-state index contributed by atoms with van der Waals surface area (Å²) in [6, 6.07) is 15.6. The van der Waals surface area contributed by atoms with Gasteiger partial charge in [0.2, 0.25) is 5.91 Å². The van der Waals surface area contributed by atoms with Crippen molar-refractivity contribution in [1.82, 2.24) is 9.78 Å². The van der Waals surface area contributed by atoms with Crippen LogP contribution in [0, 0.1) is 18.8 Å². The second-order valence-corrected chi connectivity index (χ2v) is 12.2. The van der Waals surface area contributed by atoms with Crippen molar-refractivity contribution in [3.8, 4) is 16.9 Å². The number of ether oxygens (including phenoxy) is 1. The fourth-order valence-electron chi connectivity index (χ4n) is 6.75. The van der Waals surface area contributed by atoms with E-state index >= 15 is 0 Å². The first-order valence-corrected chi connectivity index (χ1v) is 15.6. The quantitative estimate of drug-likeness (QED) is 0.272. The maximum Gasteiger partial charge on any atom is 0.230 e. The smallest absolute Gasteiger partial charge is 0.230 e. The highest BCUT2D eigenvalue weighted by molar-refractivity contribution is 5.95. The Bertz CT molecular complexity index is 1270. The number of anilines is 1. The molecule has 2 fully saturated rings. The van der Waals surface area contributed by atoms with Crippen molar-refractivity contribution >= 4 is 11.6 Å². The van der Waals surface area contributed by atoms with Gasteiger partial charge in [0.15, 0.2) is 0 Å². The summed E-state index contributed by atoms with van der Waals surface area (Å²) in [5.41, 5.74) is 5.92. The number of benzene rings is 2. The fraction of sp³-hybridized carbons (Fsp3) is 0.543. The molecule has 40 heavy (non-hydrogen) atoms. The number of aromatic nitrogens is 2. The van der Waals surface area contributed by atoms with Crippen LogP contribution >= 0.6 is 0 Å². The van der Waals surface area contributed by atoms with Crippen molar-refractivity contribution in [3.05, 3.63) is 66.0 Å². The Morgan fingerprint density at radius 2 is 1.80 bits per heavy atom. The number of carbonyl (C=O) groups excluding carboxylic acids is 1. The zero-order valence-electron chi connectivity index (χ0n) is 24.9. The van der Waals surface area contributed by atoms with Crippen LogP contribution < -0.4 is 9.64 Å². The number of carbonyl (C=O) groups is 1. The molecule has 1 atom stereocenters. The molecule has 0 spiro atoms. The lowest BCUT2D eigenvalue weighted by Crippen LogP contribution is -2.41. The van der Waals surface area contributed by atoms with Crippen LogP contribution in [0.3, 0.4) is 0 Å². The average molecular weight is 542 g/mol. The van der Waals surface area contributed by atoms with Gasteiger partial charge < -0.3 is 9.64 Å². The van der Waals surface area contributed by atoms with Crippen molar-refractivity contribution < 1.29 is 9.53 Å². The van der Waals surface area contributed by atoms with Gasteiger partial charge in [-0.1, -0.05) is 50.5 Å². The van der Waals surface area contributed by atoms with Gasteiger partial charge in [-0.3, -0.25) is 9.48 Å². The van der Waals surface area contributed by atoms with Gasteiger partial charge >= 0.3 is 0 Å². The minimum Gasteiger partial charge on any atom is -0.496 e. The summed E-state index contributed by atoms with van der Waals surface area (Å²) in [6.07, 6.45) is 15.5. The molecule has 0 saturated heterocycles. The SMILES string of the molecule is CCC(C)n1cc(-c2cccc(N(C[C@H]3CC[C@H](c4ccc(OC)c(C)c4)CC3)C(=O)C3CCCCC3)c2)cn1. The minimum atomic E-state index is 0.157. The van der Waals surface area contributed by atoms with E-state index in [4.69, 9.17) is 4.74 Å². The first-order chi connectivity index (χ1) is 19.5. The van der Waals surface area contributed by atoms with Gasteiger partial charge in [0.25, 0.3) is 0 Å². The molecule has 1 unspecified atom stereocenters. The first kappa shape index (κ1) is 28.4. The summed E-state index contributed by atoms with van der Waals surface area (Å²) in [5.74, 6) is 2.57. The molecule has 1 heterocycles. The van der Waals surface area contributed by atoms with Gasteiger partial charge in [0.05, 0.1) is 13.3 Å². The summed E-state index contributed by atoms with van der Waals surface area (Å²) < 4.78 is 7.52. The highest BCUT2D eigenvalue weighted by atomic mass is 16.5. The Labute approximate surface area is 240 Å². The number of hydrogen-bond donors (Lipinski definition) is 0. The van der Waals surface area contributed by atoms with E-state index in [1.54, 1.807) is 7.11 Å². The van der Waals surface area contributed by atoms with Crippen LogP contribution in [0.2, 0.25) is 0 Å². The predicted octanol–water partition coefficient (Wildman–Crippen LogP) is 8.73. The van der Waals surface area contributed by atoms with E-state index in [0.717, 1.165) is 61.2 Å². The molecule has 5 rings (SSSR count). The Morgan fingerprint density at radius 3 is 2.50 bits per heavy atom. The molecule has 5 heteroatoms. The summed E-state index contributed by atoms with van der Waals surface area (Å²) in [7, 11) is 1.74. The fourth-order valence-corrected chi connectivity index (χ4v) is 6.75. The van der Waals surface area contributed by atoms with Crippen LogP contribution in [0.4, 0.5) is 5.69 Å². The van der Waals surface area contributed by atoms with Crippen LogP contribution in [0.1, 0.15) is 101 Å². The standard InChI is InChI=1S/C35H47N3O2/c1-5-26(3)38-24-32(22-36-38)30-12-9-13-33(21-30)37(35(39)29-10-7-6-8-11-29)23-27-14-16-28(17-15-27)31-18-19-34(40-4)25(2)20-31/h9,12-13,18-22,24,26-29H,5-8,10-11,14-17,23H2,1-4H3/t26?,27-,28-. The van der Waals surface area contributed by atoms with E-state index in [9.17, 15) is 4.79 Å². The van der Waals surface area contributed by atoms with E-state index in [-0.39, 0.29) is 5.92 Å². The molecule has 2 aliphatic rings. The summed E-state index contributed by atoms with van der Waals surface area (Å²) in [6.45, 7) is 7.33. The number of methoxy groups -OCH3 is 1. The lowest BCUT2D eigenvalue weighted by molar-refractivity contribution is -0.123. The lowest BCUT2D eigenvalue weighted by atomic mass is 9.78. The van der Waals surface area contributed by atoms with Crippen LogP contribution in [0.25, 0.3) is 11.1 Å². The van der Waals surface area contributed by atoms with Crippen LogP contribution in [-0.2, 0) is 4.79 Å². The summed E-state index contributed by atoms with van der Waals surface area (Å²) >= 11 is 0. The van der Waals surface area contributed by atoms with Gasteiger partial charge in [-0.2, -0.15) is 5.10 Å². The molecular formula is C35H47N3O2. The maximum absolute atomic E-state index is 14.0. The van der Waals surface area contributed by atoms with Crippen molar-refractivity contribution in [2.75, 3.05) is 18.6 Å².